The predicted octanol–water partition coefficient (Wildman–Crippen LogP) is 5.47. The molecule has 0 aliphatic carbocycles. The van der Waals surface area contributed by atoms with Crippen molar-refractivity contribution < 1.29 is 19.1 Å². The lowest BCUT2D eigenvalue weighted by Crippen LogP contribution is -2.05. The highest BCUT2D eigenvalue weighted by Crippen LogP contribution is 2.26. The van der Waals surface area contributed by atoms with Crippen LogP contribution >= 0.6 is 70.5 Å². The number of imidazole rings is 1. The number of hydrogen-bond acceptors (Lipinski definition) is 8. The first-order chi connectivity index (χ1) is 13.8. The van der Waals surface area contributed by atoms with Crippen LogP contribution in [0, 0.1) is 6.57 Å². The molecule has 13 heteroatoms. The Morgan fingerprint density at radius 1 is 1.14 bits per heavy atom. The molecule has 156 valence electrons. The van der Waals surface area contributed by atoms with Gasteiger partial charge in [0.2, 0.25) is 0 Å². The molecule has 0 saturated carbocycles. The van der Waals surface area contributed by atoms with Gasteiger partial charge in [-0.2, -0.15) is 0 Å². The molecular weight excluding hydrogens is 616 g/mol. The van der Waals surface area contributed by atoms with Crippen LogP contribution in [0.5, 0.6) is 0 Å². The lowest BCUT2D eigenvalue weighted by atomic mass is 10.5. The highest BCUT2D eigenvalue weighted by molar-refractivity contribution is 9.12. The lowest BCUT2D eigenvalue weighted by molar-refractivity contribution is -0.140. The van der Waals surface area contributed by atoms with Crippen LogP contribution < -0.4 is 0 Å². The highest BCUT2D eigenvalue weighted by Gasteiger charge is 2.16. The van der Waals surface area contributed by atoms with Crippen LogP contribution in [-0.2, 0) is 14.3 Å². The topological polar surface area (TPSA) is 87.1 Å². The van der Waals surface area contributed by atoms with E-state index in [1.54, 1.807) is 42.1 Å². The molecule has 0 aromatic carbocycles. The Morgan fingerprint density at radius 2 is 1.83 bits per heavy atom. The summed E-state index contributed by atoms with van der Waals surface area (Å²) in [7, 11) is 0. The molecule has 3 rings (SSSR count). The van der Waals surface area contributed by atoms with Gasteiger partial charge in [0.15, 0.2) is 9.61 Å². The standard InChI is InChI=1S/C8H7BrN2O2S.C5H7NO2.C3HBr2NS/c1-2-13-8(12)6-7-11(4-10-6)3-5(9)14-7;1-3-8-5(7)4-6-2;4-2-1-6-3(5)7-2/h3-4H,2H2,1H3;3-4H2,1H3;1H. The molecule has 3 heterocycles. The largest absolute Gasteiger partial charge is 0.461 e. The molecule has 0 bridgehead atoms. The second-order valence-corrected chi connectivity index (χ2v) is 10.7. The molecule has 0 aliphatic heterocycles. The number of hydrogen-bond donors (Lipinski definition) is 0. The van der Waals surface area contributed by atoms with E-state index in [2.05, 4.69) is 67.3 Å². The van der Waals surface area contributed by atoms with Crippen LogP contribution in [0.15, 0.2) is 30.2 Å². The molecule has 0 aliphatic rings. The van der Waals surface area contributed by atoms with Crippen molar-refractivity contribution in [3.63, 3.8) is 0 Å². The van der Waals surface area contributed by atoms with Gasteiger partial charge in [-0.3, -0.25) is 4.40 Å². The zero-order chi connectivity index (χ0) is 21.8. The lowest BCUT2D eigenvalue weighted by Gasteiger charge is -1.96. The van der Waals surface area contributed by atoms with Gasteiger partial charge >= 0.3 is 18.5 Å². The van der Waals surface area contributed by atoms with Crippen molar-refractivity contribution in [2.24, 2.45) is 0 Å². The zero-order valence-electron chi connectivity index (χ0n) is 15.2. The summed E-state index contributed by atoms with van der Waals surface area (Å²) >= 11 is 12.8. The van der Waals surface area contributed by atoms with Crippen LogP contribution in [0.25, 0.3) is 9.68 Å². The number of rotatable bonds is 4. The number of halogens is 3. The van der Waals surface area contributed by atoms with E-state index in [0.717, 1.165) is 16.3 Å². The summed E-state index contributed by atoms with van der Waals surface area (Å²) in [5, 5.41) is 0. The minimum atomic E-state index is -0.442. The van der Waals surface area contributed by atoms with Crippen molar-refractivity contribution in [3.05, 3.63) is 47.3 Å². The fraction of sp³-hybridized carbons (Fsp3) is 0.312. The first kappa shape index (κ1) is 25.7. The maximum Gasteiger partial charge on any atom is 0.387 e. The summed E-state index contributed by atoms with van der Waals surface area (Å²) < 4.78 is 14.0. The average molecular weight is 631 g/mol. The van der Waals surface area contributed by atoms with Crippen LogP contribution in [0.4, 0.5) is 0 Å². The Bertz CT molecular complexity index is 964. The summed E-state index contributed by atoms with van der Waals surface area (Å²) in [5.41, 5.74) is 0.377. The Morgan fingerprint density at radius 3 is 2.31 bits per heavy atom. The van der Waals surface area contributed by atoms with Gasteiger partial charge in [0.05, 0.1) is 27.0 Å². The van der Waals surface area contributed by atoms with Gasteiger partial charge in [0, 0.05) is 6.20 Å². The molecule has 0 fully saturated rings. The SMILES string of the molecule is Brc1cnc(Br)s1.CCOC(=O)c1ncn2cc(Br)sc12.[C-]#[N+]CC(=O)OCC. The third kappa shape index (κ3) is 9.35. The summed E-state index contributed by atoms with van der Waals surface area (Å²) in [5.74, 6) is -0.813. The predicted molar refractivity (Wildman–Crippen MR) is 122 cm³/mol. The first-order valence-electron chi connectivity index (χ1n) is 7.87. The number of carbonyl (C=O) groups is 2. The maximum atomic E-state index is 11.4. The van der Waals surface area contributed by atoms with Crippen molar-refractivity contribution in [2.45, 2.75) is 13.8 Å². The van der Waals surface area contributed by atoms with Gasteiger partial charge in [-0.25, -0.2) is 26.1 Å². The molecule has 0 saturated heterocycles. The molecule has 0 N–H and O–H groups in total. The van der Waals surface area contributed by atoms with Crippen LogP contribution in [0.2, 0.25) is 0 Å². The monoisotopic (exact) mass is 628 g/mol. The van der Waals surface area contributed by atoms with E-state index in [9.17, 15) is 9.59 Å². The number of fused-ring (bicyclic) bond motifs is 1. The minimum Gasteiger partial charge on any atom is -0.461 e. The second kappa shape index (κ2) is 13.8. The van der Waals surface area contributed by atoms with Crippen molar-refractivity contribution in [1.29, 1.82) is 0 Å². The Labute approximate surface area is 200 Å². The summed E-state index contributed by atoms with van der Waals surface area (Å²) in [6.07, 6.45) is 5.22. The van der Waals surface area contributed by atoms with Crippen LogP contribution in [-0.4, -0.2) is 46.1 Å². The summed E-state index contributed by atoms with van der Waals surface area (Å²) in [6, 6.07) is 0. The smallest absolute Gasteiger partial charge is 0.387 e. The molecule has 0 unspecified atom stereocenters. The van der Waals surface area contributed by atoms with E-state index in [1.807, 2.05) is 6.20 Å². The molecule has 0 atom stereocenters. The van der Waals surface area contributed by atoms with E-state index >= 15 is 0 Å². The number of thiazole rings is 2. The molecular formula is C16H15Br3N4O4S2. The van der Waals surface area contributed by atoms with Crippen LogP contribution in [0.1, 0.15) is 24.3 Å². The van der Waals surface area contributed by atoms with E-state index < -0.39 is 5.97 Å². The molecule has 8 nitrogen and oxygen atoms in total. The molecule has 0 radical (unpaired) electrons. The summed E-state index contributed by atoms with van der Waals surface area (Å²) in [6.45, 7) is 10.3. The minimum absolute atomic E-state index is 0.159. The highest BCUT2D eigenvalue weighted by atomic mass is 79.9. The van der Waals surface area contributed by atoms with E-state index in [-0.39, 0.29) is 12.5 Å². The van der Waals surface area contributed by atoms with Gasteiger partial charge in [-0.05, 0) is 61.6 Å². The number of carbonyl (C=O) groups excluding carboxylic acids is 2. The Hall–Kier alpha value is -1.33. The van der Waals surface area contributed by atoms with Crippen molar-refractivity contribution in [3.8, 4) is 0 Å². The zero-order valence-corrected chi connectivity index (χ0v) is 21.6. The molecule has 3 aromatic rings. The van der Waals surface area contributed by atoms with Crippen molar-refractivity contribution in [2.75, 3.05) is 19.8 Å². The number of aromatic nitrogens is 3. The molecule has 0 amide bonds. The maximum absolute atomic E-state index is 11.4. The third-order valence-electron chi connectivity index (χ3n) is 2.61. The van der Waals surface area contributed by atoms with Gasteiger partial charge in [0.25, 0.3) is 0 Å². The van der Waals surface area contributed by atoms with Crippen molar-refractivity contribution >= 4 is 87.2 Å². The van der Waals surface area contributed by atoms with E-state index in [0.29, 0.717) is 18.9 Å². The average Bonchev–Trinajstić information content (AvgIpc) is 3.32. The second-order valence-electron chi connectivity index (χ2n) is 4.60. The Balaban J connectivity index is 0.000000239. The molecule has 3 aromatic heterocycles. The quantitative estimate of drug-likeness (QED) is 0.281. The van der Waals surface area contributed by atoms with E-state index in [4.69, 9.17) is 11.3 Å². The van der Waals surface area contributed by atoms with Crippen LogP contribution in [0.3, 0.4) is 0 Å². The van der Waals surface area contributed by atoms with E-state index in [1.165, 1.54) is 11.3 Å². The molecule has 0 spiro atoms. The number of ether oxygens (including phenoxy) is 2. The van der Waals surface area contributed by atoms with Gasteiger partial charge in [-0.15, -0.1) is 22.7 Å². The number of esters is 2. The van der Waals surface area contributed by atoms with Gasteiger partial charge in [0.1, 0.15) is 11.2 Å². The Kier molecular flexibility index (Phi) is 12.2. The van der Waals surface area contributed by atoms with Crippen molar-refractivity contribution in [1.82, 2.24) is 14.4 Å². The number of nitrogens with zero attached hydrogens (tertiary/aromatic N) is 4. The summed E-state index contributed by atoms with van der Waals surface area (Å²) in [4.78, 5) is 33.2. The molecule has 29 heavy (non-hydrogen) atoms. The first-order valence-corrected chi connectivity index (χ1v) is 11.9. The fourth-order valence-corrected chi connectivity index (χ4v) is 5.30. The van der Waals surface area contributed by atoms with Gasteiger partial charge < -0.3 is 14.3 Å². The van der Waals surface area contributed by atoms with Gasteiger partial charge in [-0.1, -0.05) is 0 Å². The normalized spacial score (nSPS) is 9.52. The fourth-order valence-electron chi connectivity index (χ4n) is 1.62. The third-order valence-corrected chi connectivity index (χ3v) is 6.16.